The molecule has 0 bridgehead atoms. The molecule has 1 aromatic heterocycles. The van der Waals surface area contributed by atoms with Crippen molar-refractivity contribution in [2.24, 2.45) is 0 Å². The summed E-state index contributed by atoms with van der Waals surface area (Å²) in [6.07, 6.45) is 0. The van der Waals surface area contributed by atoms with Crippen molar-refractivity contribution in [1.29, 1.82) is 0 Å². The average molecular weight is 288 g/mol. The van der Waals surface area contributed by atoms with Crippen LogP contribution in [0.1, 0.15) is 37.9 Å². The van der Waals surface area contributed by atoms with Crippen LogP contribution < -0.4 is 4.90 Å². The van der Waals surface area contributed by atoms with Crippen molar-refractivity contribution < 1.29 is 9.50 Å². The summed E-state index contributed by atoms with van der Waals surface area (Å²) in [6, 6.07) is 10.4. The van der Waals surface area contributed by atoms with Gasteiger partial charge in [0.2, 0.25) is 0 Å². The molecule has 0 radical (unpaired) electrons. The summed E-state index contributed by atoms with van der Waals surface area (Å²) in [5, 5.41) is 9.43. The zero-order valence-electron chi connectivity index (χ0n) is 12.7. The van der Waals surface area contributed by atoms with E-state index in [0.29, 0.717) is 18.1 Å². The van der Waals surface area contributed by atoms with Gasteiger partial charge in [0.25, 0.3) is 0 Å². The average Bonchev–Trinajstić information content (AvgIpc) is 2.49. The Labute approximate surface area is 125 Å². The zero-order chi connectivity index (χ0) is 15.4. The number of rotatable bonds is 5. The van der Waals surface area contributed by atoms with Crippen LogP contribution in [0.4, 0.5) is 15.9 Å². The molecule has 0 atom stereocenters. The quantitative estimate of drug-likeness (QED) is 0.903. The first-order chi connectivity index (χ1) is 10.1. The van der Waals surface area contributed by atoms with Crippen LogP contribution in [0.2, 0.25) is 0 Å². The van der Waals surface area contributed by atoms with E-state index in [1.807, 2.05) is 37.8 Å². The van der Waals surface area contributed by atoms with Crippen molar-refractivity contribution in [1.82, 2.24) is 4.98 Å². The second-order valence-electron chi connectivity index (χ2n) is 5.27. The van der Waals surface area contributed by atoms with E-state index >= 15 is 0 Å². The number of hydrogen-bond acceptors (Lipinski definition) is 3. The normalized spacial score (nSPS) is 11.0. The second-order valence-corrected chi connectivity index (χ2v) is 5.27. The van der Waals surface area contributed by atoms with Gasteiger partial charge in [0, 0.05) is 12.2 Å². The minimum atomic E-state index is -0.276. The second kappa shape index (κ2) is 6.68. The molecule has 1 aromatic carbocycles. The Kier molecular flexibility index (Phi) is 4.91. The SMILES string of the molecule is CCN(c1cc(CO)cc(C(C)C)n1)c1ccccc1F. The van der Waals surface area contributed by atoms with E-state index in [-0.39, 0.29) is 18.3 Å². The van der Waals surface area contributed by atoms with E-state index in [1.54, 1.807) is 18.2 Å². The summed E-state index contributed by atoms with van der Waals surface area (Å²) in [4.78, 5) is 6.44. The predicted molar refractivity (Wildman–Crippen MR) is 83.3 cm³/mol. The third-order valence-electron chi connectivity index (χ3n) is 3.40. The predicted octanol–water partition coefficient (Wildman–Crippen LogP) is 3.99. The van der Waals surface area contributed by atoms with Gasteiger partial charge in [-0.1, -0.05) is 26.0 Å². The topological polar surface area (TPSA) is 36.4 Å². The Morgan fingerprint density at radius 2 is 1.95 bits per heavy atom. The van der Waals surface area contributed by atoms with E-state index in [4.69, 9.17) is 0 Å². The Morgan fingerprint density at radius 3 is 2.52 bits per heavy atom. The maximum atomic E-state index is 14.0. The Balaban J connectivity index is 2.52. The largest absolute Gasteiger partial charge is 0.392 e. The van der Waals surface area contributed by atoms with E-state index in [0.717, 1.165) is 11.3 Å². The number of halogens is 1. The lowest BCUT2D eigenvalue weighted by Crippen LogP contribution is -2.19. The van der Waals surface area contributed by atoms with Crippen LogP contribution in [-0.4, -0.2) is 16.6 Å². The number of benzene rings is 1. The van der Waals surface area contributed by atoms with Crippen molar-refractivity contribution >= 4 is 11.5 Å². The fourth-order valence-electron chi connectivity index (χ4n) is 2.25. The zero-order valence-corrected chi connectivity index (χ0v) is 12.7. The van der Waals surface area contributed by atoms with Crippen molar-refractivity contribution in [2.45, 2.75) is 33.3 Å². The molecule has 0 saturated carbocycles. The molecular weight excluding hydrogens is 267 g/mol. The lowest BCUT2D eigenvalue weighted by Gasteiger charge is -2.24. The van der Waals surface area contributed by atoms with Crippen molar-refractivity contribution in [3.05, 3.63) is 53.5 Å². The maximum Gasteiger partial charge on any atom is 0.146 e. The number of aliphatic hydroxyl groups excluding tert-OH is 1. The molecule has 21 heavy (non-hydrogen) atoms. The van der Waals surface area contributed by atoms with Gasteiger partial charge in [-0.15, -0.1) is 0 Å². The van der Waals surface area contributed by atoms with E-state index in [2.05, 4.69) is 4.98 Å². The highest BCUT2D eigenvalue weighted by atomic mass is 19.1. The van der Waals surface area contributed by atoms with Crippen LogP contribution in [-0.2, 0) is 6.61 Å². The van der Waals surface area contributed by atoms with Gasteiger partial charge in [-0.25, -0.2) is 9.37 Å². The number of hydrogen-bond donors (Lipinski definition) is 1. The first kappa shape index (κ1) is 15.4. The molecule has 1 N–H and O–H groups in total. The molecule has 2 rings (SSSR count). The molecule has 0 saturated heterocycles. The fraction of sp³-hybridized carbons (Fsp3) is 0.353. The molecule has 0 unspecified atom stereocenters. The number of para-hydroxylation sites is 1. The lowest BCUT2D eigenvalue weighted by molar-refractivity contribution is 0.281. The molecule has 4 heteroatoms. The summed E-state index contributed by atoms with van der Waals surface area (Å²) in [6.45, 7) is 6.60. The van der Waals surface area contributed by atoms with Crippen LogP contribution in [0, 0.1) is 5.82 Å². The Bertz CT molecular complexity index is 613. The summed E-state index contributed by atoms with van der Waals surface area (Å²) in [5.74, 6) is 0.633. The van der Waals surface area contributed by atoms with Crippen LogP contribution in [0.15, 0.2) is 36.4 Å². The first-order valence-corrected chi connectivity index (χ1v) is 7.20. The summed E-state index contributed by atoms with van der Waals surface area (Å²) >= 11 is 0. The first-order valence-electron chi connectivity index (χ1n) is 7.20. The third kappa shape index (κ3) is 3.39. The molecule has 1 heterocycles. The molecule has 0 spiro atoms. The van der Waals surface area contributed by atoms with E-state index in [9.17, 15) is 9.50 Å². The minimum absolute atomic E-state index is 0.0515. The van der Waals surface area contributed by atoms with Gasteiger partial charge in [-0.2, -0.15) is 0 Å². The van der Waals surface area contributed by atoms with Crippen molar-refractivity contribution in [2.75, 3.05) is 11.4 Å². The van der Waals surface area contributed by atoms with Gasteiger partial charge in [-0.05, 0) is 42.7 Å². The van der Waals surface area contributed by atoms with E-state index < -0.39 is 0 Å². The molecule has 3 nitrogen and oxygen atoms in total. The lowest BCUT2D eigenvalue weighted by atomic mass is 10.1. The molecule has 2 aromatic rings. The molecule has 0 aliphatic carbocycles. The highest BCUT2D eigenvalue weighted by Crippen LogP contribution is 2.28. The Morgan fingerprint density at radius 1 is 1.24 bits per heavy atom. The summed E-state index contributed by atoms with van der Waals surface area (Å²) in [7, 11) is 0. The molecule has 0 aliphatic rings. The standard InChI is InChI=1S/C17H21FN2O/c1-4-20(16-8-6-5-7-14(16)18)17-10-13(11-21)9-15(19-17)12(2)3/h5-10,12,21H,4,11H2,1-3H3. The van der Waals surface area contributed by atoms with Crippen LogP contribution in [0.3, 0.4) is 0 Å². The Hall–Kier alpha value is -1.94. The molecule has 112 valence electrons. The summed E-state index contributed by atoms with van der Waals surface area (Å²) < 4.78 is 14.0. The minimum Gasteiger partial charge on any atom is -0.392 e. The molecular formula is C17H21FN2O. The molecule has 0 aliphatic heterocycles. The van der Waals surface area contributed by atoms with Gasteiger partial charge in [0.1, 0.15) is 11.6 Å². The maximum absolute atomic E-state index is 14.0. The van der Waals surface area contributed by atoms with Crippen molar-refractivity contribution in [3.8, 4) is 0 Å². The van der Waals surface area contributed by atoms with Crippen molar-refractivity contribution in [3.63, 3.8) is 0 Å². The van der Waals surface area contributed by atoms with Gasteiger partial charge < -0.3 is 10.0 Å². The van der Waals surface area contributed by atoms with Gasteiger partial charge in [-0.3, -0.25) is 0 Å². The monoisotopic (exact) mass is 288 g/mol. The van der Waals surface area contributed by atoms with Gasteiger partial charge >= 0.3 is 0 Å². The number of anilines is 2. The smallest absolute Gasteiger partial charge is 0.146 e. The third-order valence-corrected chi connectivity index (χ3v) is 3.40. The van der Waals surface area contributed by atoms with Crippen LogP contribution in [0.5, 0.6) is 0 Å². The fourth-order valence-corrected chi connectivity index (χ4v) is 2.25. The number of nitrogens with zero attached hydrogens (tertiary/aromatic N) is 2. The van der Waals surface area contributed by atoms with Crippen LogP contribution >= 0.6 is 0 Å². The highest BCUT2D eigenvalue weighted by molar-refractivity contribution is 5.61. The number of aliphatic hydroxyl groups is 1. The van der Waals surface area contributed by atoms with E-state index in [1.165, 1.54) is 6.07 Å². The molecule has 0 fully saturated rings. The summed E-state index contributed by atoms with van der Waals surface area (Å²) in [5.41, 5.74) is 2.18. The number of pyridine rings is 1. The van der Waals surface area contributed by atoms with Gasteiger partial charge in [0.05, 0.1) is 12.3 Å². The highest BCUT2D eigenvalue weighted by Gasteiger charge is 2.15. The number of aromatic nitrogens is 1. The van der Waals surface area contributed by atoms with Gasteiger partial charge in [0.15, 0.2) is 0 Å². The molecule has 0 amide bonds. The van der Waals surface area contributed by atoms with Crippen LogP contribution in [0.25, 0.3) is 0 Å².